The van der Waals surface area contributed by atoms with Gasteiger partial charge < -0.3 is 8.83 Å². The minimum absolute atomic E-state index is 0.0336. The number of nitrogens with one attached hydrogen (secondary N) is 1. The van der Waals surface area contributed by atoms with Gasteiger partial charge in [-0.2, -0.15) is 0 Å². The highest BCUT2D eigenvalue weighted by Crippen LogP contribution is 2.21. The van der Waals surface area contributed by atoms with Gasteiger partial charge in [0.25, 0.3) is 0 Å². The monoisotopic (exact) mass is 365 g/mol. The Morgan fingerprint density at radius 3 is 2.68 bits per heavy atom. The molecule has 0 amide bonds. The van der Waals surface area contributed by atoms with Crippen LogP contribution >= 0.6 is 0 Å². The largest absolute Gasteiger partial charge is 0.468 e. The fourth-order valence-electron chi connectivity index (χ4n) is 2.57. The van der Waals surface area contributed by atoms with Gasteiger partial charge in [0.05, 0.1) is 22.7 Å². The summed E-state index contributed by atoms with van der Waals surface area (Å²) in [5, 5.41) is 0. The molecule has 0 radical (unpaired) electrons. The van der Waals surface area contributed by atoms with Crippen molar-refractivity contribution >= 4 is 21.1 Å². The standard InChI is InChI=1S/C16H19N3O5S/c1-18(2)13(14-5-4-8-23-14)10-17-25(21,22)11-6-7-12-15(9-11)24-16(20)19(12)3/h4-9,13,17H,10H2,1-3H3. The molecule has 0 bridgehead atoms. The molecule has 9 heteroatoms. The number of furan rings is 1. The predicted molar refractivity (Wildman–Crippen MR) is 91.8 cm³/mol. The van der Waals surface area contributed by atoms with Crippen LogP contribution < -0.4 is 10.5 Å². The van der Waals surface area contributed by atoms with Gasteiger partial charge in [-0.3, -0.25) is 9.47 Å². The summed E-state index contributed by atoms with van der Waals surface area (Å²) in [7, 11) is 1.48. The number of aryl methyl sites for hydroxylation is 1. The summed E-state index contributed by atoms with van der Waals surface area (Å²) in [6.45, 7) is 0.139. The Morgan fingerprint density at radius 2 is 2.04 bits per heavy atom. The normalized spacial score (nSPS) is 13.6. The van der Waals surface area contributed by atoms with E-state index in [4.69, 9.17) is 8.83 Å². The fraction of sp³-hybridized carbons (Fsp3) is 0.312. The van der Waals surface area contributed by atoms with Crippen LogP contribution in [0.25, 0.3) is 11.1 Å². The summed E-state index contributed by atoms with van der Waals surface area (Å²) >= 11 is 0. The lowest BCUT2D eigenvalue weighted by atomic mass is 10.2. The quantitative estimate of drug-likeness (QED) is 0.707. The van der Waals surface area contributed by atoms with E-state index in [-0.39, 0.29) is 23.1 Å². The van der Waals surface area contributed by atoms with E-state index in [2.05, 4.69) is 4.72 Å². The number of sulfonamides is 1. The van der Waals surface area contributed by atoms with Gasteiger partial charge in [-0.25, -0.2) is 17.9 Å². The molecular formula is C16H19N3O5S. The maximum Gasteiger partial charge on any atom is 0.419 e. The Hall–Kier alpha value is -2.36. The zero-order valence-corrected chi connectivity index (χ0v) is 14.9. The van der Waals surface area contributed by atoms with Gasteiger partial charge >= 0.3 is 5.76 Å². The van der Waals surface area contributed by atoms with Crippen LogP contribution in [0.4, 0.5) is 0 Å². The molecule has 0 saturated heterocycles. The summed E-state index contributed by atoms with van der Waals surface area (Å²) < 4.78 is 39.5. The Labute approximate surface area is 144 Å². The first-order valence-electron chi connectivity index (χ1n) is 7.58. The van der Waals surface area contributed by atoms with Gasteiger partial charge in [0.15, 0.2) is 5.58 Å². The van der Waals surface area contributed by atoms with Crippen molar-refractivity contribution in [3.8, 4) is 0 Å². The van der Waals surface area contributed by atoms with Crippen molar-refractivity contribution in [1.29, 1.82) is 0 Å². The summed E-state index contributed by atoms with van der Waals surface area (Å²) in [5.41, 5.74) is 0.760. The van der Waals surface area contributed by atoms with Gasteiger partial charge in [-0.15, -0.1) is 0 Å². The average Bonchev–Trinajstić information content (AvgIpc) is 3.16. The van der Waals surface area contributed by atoms with Gasteiger partial charge in [-0.05, 0) is 38.4 Å². The van der Waals surface area contributed by atoms with Crippen LogP contribution in [0.5, 0.6) is 0 Å². The minimum Gasteiger partial charge on any atom is -0.468 e. The number of rotatable bonds is 6. The molecule has 134 valence electrons. The number of oxazole rings is 1. The van der Waals surface area contributed by atoms with E-state index in [0.29, 0.717) is 11.3 Å². The molecule has 25 heavy (non-hydrogen) atoms. The zero-order chi connectivity index (χ0) is 18.2. The van der Waals surface area contributed by atoms with Crippen LogP contribution in [0.1, 0.15) is 11.8 Å². The number of nitrogens with zero attached hydrogens (tertiary/aromatic N) is 2. The third-order valence-electron chi connectivity index (χ3n) is 4.04. The molecule has 0 aliphatic carbocycles. The number of likely N-dealkylation sites (N-methyl/N-ethyl adjacent to an activating group) is 1. The van der Waals surface area contributed by atoms with Crippen molar-refractivity contribution < 1.29 is 17.3 Å². The van der Waals surface area contributed by atoms with Crippen molar-refractivity contribution in [1.82, 2.24) is 14.2 Å². The molecule has 2 aromatic heterocycles. The molecular weight excluding hydrogens is 346 g/mol. The van der Waals surface area contributed by atoms with Crippen molar-refractivity contribution in [3.63, 3.8) is 0 Å². The van der Waals surface area contributed by atoms with E-state index in [0.717, 1.165) is 0 Å². The first-order valence-corrected chi connectivity index (χ1v) is 9.07. The fourth-order valence-corrected chi connectivity index (χ4v) is 3.63. The molecule has 3 rings (SSSR count). The van der Waals surface area contributed by atoms with E-state index in [1.54, 1.807) is 31.5 Å². The second-order valence-corrected chi connectivity index (χ2v) is 7.67. The molecule has 0 aliphatic heterocycles. The highest BCUT2D eigenvalue weighted by molar-refractivity contribution is 7.89. The van der Waals surface area contributed by atoms with E-state index < -0.39 is 15.8 Å². The number of hydrogen-bond acceptors (Lipinski definition) is 6. The molecule has 2 heterocycles. The summed E-state index contributed by atoms with van der Waals surface area (Å²) in [4.78, 5) is 13.4. The van der Waals surface area contributed by atoms with E-state index in [1.807, 2.05) is 19.0 Å². The lowest BCUT2D eigenvalue weighted by Crippen LogP contribution is -2.34. The Kier molecular flexibility index (Phi) is 4.55. The van der Waals surface area contributed by atoms with Crippen molar-refractivity contribution in [3.05, 3.63) is 52.9 Å². The Bertz CT molecular complexity index is 1030. The van der Waals surface area contributed by atoms with Crippen molar-refractivity contribution in [2.75, 3.05) is 20.6 Å². The smallest absolute Gasteiger partial charge is 0.419 e. The SMILES string of the molecule is CN(C)C(CNS(=O)(=O)c1ccc2c(c1)oc(=O)n2C)c1ccco1. The summed E-state index contributed by atoms with van der Waals surface area (Å²) in [6, 6.07) is 7.64. The third-order valence-corrected chi connectivity index (χ3v) is 5.46. The third kappa shape index (κ3) is 3.39. The Morgan fingerprint density at radius 1 is 1.28 bits per heavy atom. The van der Waals surface area contributed by atoms with Crippen LogP contribution in [-0.4, -0.2) is 38.5 Å². The molecule has 0 saturated carbocycles. The van der Waals surface area contributed by atoms with E-state index >= 15 is 0 Å². The van der Waals surface area contributed by atoms with Gasteiger partial charge in [-0.1, -0.05) is 0 Å². The van der Waals surface area contributed by atoms with E-state index in [9.17, 15) is 13.2 Å². The second-order valence-electron chi connectivity index (χ2n) is 5.90. The first kappa shape index (κ1) is 17.5. The number of aromatic nitrogens is 1. The van der Waals surface area contributed by atoms with Crippen LogP contribution in [0, 0.1) is 0 Å². The van der Waals surface area contributed by atoms with Crippen LogP contribution in [-0.2, 0) is 17.1 Å². The lowest BCUT2D eigenvalue weighted by Gasteiger charge is -2.22. The molecule has 1 atom stereocenters. The topological polar surface area (TPSA) is 97.7 Å². The molecule has 3 aromatic rings. The van der Waals surface area contributed by atoms with Crippen LogP contribution in [0.15, 0.2) is 55.1 Å². The first-order chi connectivity index (χ1) is 11.8. The molecule has 0 spiro atoms. The number of benzene rings is 1. The average molecular weight is 365 g/mol. The number of hydrogen-bond donors (Lipinski definition) is 1. The highest BCUT2D eigenvalue weighted by atomic mass is 32.2. The number of fused-ring (bicyclic) bond motifs is 1. The molecule has 0 fully saturated rings. The summed E-state index contributed by atoms with van der Waals surface area (Å²) in [6.07, 6.45) is 1.55. The minimum atomic E-state index is -3.76. The van der Waals surface area contributed by atoms with Crippen LogP contribution in [0.2, 0.25) is 0 Å². The molecule has 1 N–H and O–H groups in total. The van der Waals surface area contributed by atoms with Crippen molar-refractivity contribution in [2.24, 2.45) is 7.05 Å². The van der Waals surface area contributed by atoms with Crippen LogP contribution in [0.3, 0.4) is 0 Å². The maximum absolute atomic E-state index is 12.6. The van der Waals surface area contributed by atoms with Gasteiger partial charge in [0, 0.05) is 19.7 Å². The molecule has 0 aliphatic rings. The van der Waals surface area contributed by atoms with Crippen molar-refractivity contribution in [2.45, 2.75) is 10.9 Å². The van der Waals surface area contributed by atoms with Gasteiger partial charge in [0.1, 0.15) is 5.76 Å². The molecule has 8 nitrogen and oxygen atoms in total. The lowest BCUT2D eigenvalue weighted by molar-refractivity contribution is 0.259. The van der Waals surface area contributed by atoms with Gasteiger partial charge in [0.2, 0.25) is 10.0 Å². The molecule has 1 unspecified atom stereocenters. The summed E-state index contributed by atoms with van der Waals surface area (Å²) in [5.74, 6) is 0.125. The predicted octanol–water partition coefficient (Wildman–Crippen LogP) is 1.31. The Balaban J connectivity index is 1.85. The highest BCUT2D eigenvalue weighted by Gasteiger charge is 2.22. The zero-order valence-electron chi connectivity index (χ0n) is 14.1. The molecule has 1 aromatic carbocycles. The second kappa shape index (κ2) is 6.51. The van der Waals surface area contributed by atoms with E-state index in [1.165, 1.54) is 16.7 Å². The maximum atomic E-state index is 12.6.